The summed E-state index contributed by atoms with van der Waals surface area (Å²) in [5, 5.41) is 2.26. The molecule has 1 unspecified atom stereocenters. The summed E-state index contributed by atoms with van der Waals surface area (Å²) in [4.78, 5) is 22.8. The van der Waals surface area contributed by atoms with Crippen LogP contribution in [-0.4, -0.2) is 32.5 Å². The zero-order valence-electron chi connectivity index (χ0n) is 14.9. The minimum Gasteiger partial charge on any atom is -0.426 e. The Balaban J connectivity index is 1.70. The molecule has 0 saturated heterocycles. The van der Waals surface area contributed by atoms with Crippen molar-refractivity contribution in [2.45, 2.75) is 12.5 Å². The van der Waals surface area contributed by atoms with Crippen LogP contribution in [0, 0.1) is 11.8 Å². The Morgan fingerprint density at radius 3 is 2.56 bits per heavy atom. The Bertz CT molecular complexity index is 897. The number of benzene rings is 2. The molecular formula is C21H19NO5. The van der Waals surface area contributed by atoms with Gasteiger partial charge in [-0.2, -0.15) is 0 Å². The Morgan fingerprint density at radius 1 is 1.04 bits per heavy atom. The highest BCUT2D eigenvalue weighted by Gasteiger charge is 2.20. The fourth-order valence-electron chi connectivity index (χ4n) is 2.74. The topological polar surface area (TPSA) is 73.9 Å². The summed E-state index contributed by atoms with van der Waals surface area (Å²) in [6, 6.07) is 15.6. The maximum atomic E-state index is 11.9. The summed E-state index contributed by atoms with van der Waals surface area (Å²) in [5.41, 5.74) is 3.80. The molecule has 1 atom stereocenters. The van der Waals surface area contributed by atoms with Crippen LogP contribution in [0.3, 0.4) is 0 Å². The molecule has 1 aliphatic rings. The largest absolute Gasteiger partial charge is 0.426 e. The van der Waals surface area contributed by atoms with Gasteiger partial charge in [0.25, 0.3) is 0 Å². The number of hydrogen-bond donors (Lipinski definition) is 1. The average Bonchev–Trinajstić information content (AvgIpc) is 2.68. The van der Waals surface area contributed by atoms with Crippen molar-refractivity contribution in [3.8, 4) is 11.8 Å². The van der Waals surface area contributed by atoms with Crippen molar-refractivity contribution in [3.63, 3.8) is 0 Å². The molecule has 0 radical (unpaired) electrons. The highest BCUT2D eigenvalue weighted by atomic mass is 16.7. The lowest BCUT2D eigenvalue weighted by Crippen LogP contribution is -2.23. The first-order chi connectivity index (χ1) is 13.2. The molecule has 138 valence electrons. The number of amides is 1. The molecule has 0 saturated carbocycles. The lowest BCUT2D eigenvalue weighted by molar-refractivity contribution is -0.159. The van der Waals surface area contributed by atoms with Crippen molar-refractivity contribution < 1.29 is 23.8 Å². The number of nitrogens with one attached hydrogen (secondary N) is 1. The van der Waals surface area contributed by atoms with E-state index in [2.05, 4.69) is 21.9 Å². The lowest BCUT2D eigenvalue weighted by Gasteiger charge is -2.21. The van der Waals surface area contributed by atoms with Gasteiger partial charge in [-0.1, -0.05) is 48.2 Å². The lowest BCUT2D eigenvalue weighted by atomic mass is 9.92. The van der Waals surface area contributed by atoms with E-state index in [9.17, 15) is 9.59 Å². The molecule has 0 bridgehead atoms. The molecule has 0 aliphatic heterocycles. The number of carbonyl (C=O) groups excluding carboxylic acids is 2. The van der Waals surface area contributed by atoms with Crippen LogP contribution in [0.1, 0.15) is 28.4 Å². The van der Waals surface area contributed by atoms with Gasteiger partial charge in [0.2, 0.25) is 6.79 Å². The predicted molar refractivity (Wildman–Crippen MR) is 97.8 cm³/mol. The third-order valence-corrected chi connectivity index (χ3v) is 4.08. The van der Waals surface area contributed by atoms with E-state index >= 15 is 0 Å². The fourth-order valence-corrected chi connectivity index (χ4v) is 2.74. The van der Waals surface area contributed by atoms with E-state index in [0.29, 0.717) is 6.42 Å². The van der Waals surface area contributed by atoms with Crippen molar-refractivity contribution in [3.05, 3.63) is 70.8 Å². The molecule has 6 heteroatoms. The Morgan fingerprint density at radius 2 is 1.74 bits per heavy atom. The molecule has 1 amide bonds. The summed E-state index contributed by atoms with van der Waals surface area (Å²) >= 11 is 0. The zero-order valence-corrected chi connectivity index (χ0v) is 14.9. The molecule has 0 heterocycles. The summed E-state index contributed by atoms with van der Waals surface area (Å²) in [7, 11) is 1.42. The number of rotatable bonds is 5. The van der Waals surface area contributed by atoms with Crippen LogP contribution in [0.4, 0.5) is 4.79 Å². The van der Waals surface area contributed by atoms with Gasteiger partial charge in [-0.25, -0.2) is 9.59 Å². The van der Waals surface area contributed by atoms with Gasteiger partial charge >= 0.3 is 12.1 Å². The number of ether oxygens (including phenoxy) is 3. The minimum absolute atomic E-state index is 0.258. The van der Waals surface area contributed by atoms with Crippen molar-refractivity contribution in [2.24, 2.45) is 0 Å². The van der Waals surface area contributed by atoms with Crippen LogP contribution in [-0.2, 0) is 25.4 Å². The molecule has 27 heavy (non-hydrogen) atoms. The first kappa shape index (κ1) is 18.5. The number of carbonyl (C=O) groups is 2. The SMILES string of the molecule is CNC(=O)OCOC(=O)COC1Cc2ccccc2C#Cc2ccccc21. The van der Waals surface area contributed by atoms with Gasteiger partial charge in [0.15, 0.2) is 0 Å². The summed E-state index contributed by atoms with van der Waals surface area (Å²) in [5.74, 6) is 5.77. The number of fused-ring (bicyclic) bond motifs is 2. The second-order valence-corrected chi connectivity index (χ2v) is 5.81. The number of hydrogen-bond acceptors (Lipinski definition) is 5. The monoisotopic (exact) mass is 365 g/mol. The van der Waals surface area contributed by atoms with E-state index in [-0.39, 0.29) is 12.7 Å². The second kappa shape index (κ2) is 8.88. The molecule has 0 spiro atoms. The smallest absolute Gasteiger partial charge is 0.409 e. The molecule has 2 aromatic carbocycles. The summed E-state index contributed by atoms with van der Waals surface area (Å²) < 4.78 is 15.3. The summed E-state index contributed by atoms with van der Waals surface area (Å²) in [6.07, 6.45) is -0.429. The molecule has 6 nitrogen and oxygen atoms in total. The van der Waals surface area contributed by atoms with Gasteiger partial charge in [0.05, 0.1) is 6.10 Å². The minimum atomic E-state index is -0.673. The van der Waals surface area contributed by atoms with Gasteiger partial charge in [0, 0.05) is 24.6 Å². The van der Waals surface area contributed by atoms with Crippen LogP contribution in [0.15, 0.2) is 48.5 Å². The third-order valence-electron chi connectivity index (χ3n) is 4.08. The van der Waals surface area contributed by atoms with E-state index in [1.165, 1.54) is 7.05 Å². The maximum Gasteiger partial charge on any atom is 0.409 e. The molecule has 2 aromatic rings. The Hall–Kier alpha value is -3.30. The van der Waals surface area contributed by atoms with E-state index in [1.54, 1.807) is 0 Å². The van der Waals surface area contributed by atoms with Gasteiger partial charge in [0.1, 0.15) is 6.61 Å². The highest BCUT2D eigenvalue weighted by molar-refractivity contribution is 5.71. The Labute approximate surface area is 157 Å². The van der Waals surface area contributed by atoms with Gasteiger partial charge in [-0.15, -0.1) is 0 Å². The van der Waals surface area contributed by atoms with Crippen molar-refractivity contribution in [1.82, 2.24) is 5.32 Å². The van der Waals surface area contributed by atoms with Crippen LogP contribution in [0.25, 0.3) is 0 Å². The molecule has 1 aliphatic carbocycles. The first-order valence-corrected chi connectivity index (χ1v) is 8.48. The quantitative estimate of drug-likeness (QED) is 0.501. The molecule has 3 rings (SSSR count). The molecule has 1 N–H and O–H groups in total. The third kappa shape index (κ3) is 4.87. The van der Waals surface area contributed by atoms with Crippen LogP contribution in [0.2, 0.25) is 0 Å². The van der Waals surface area contributed by atoms with Crippen molar-refractivity contribution in [2.75, 3.05) is 20.4 Å². The maximum absolute atomic E-state index is 11.9. The number of alkyl carbamates (subject to hydrolysis) is 1. The van der Waals surface area contributed by atoms with Gasteiger partial charge in [-0.05, 0) is 23.3 Å². The standard InChI is InChI=1S/C21H19NO5/c1-22-21(24)27-14-26-20(23)13-25-19-12-17-8-3-2-6-15(17)10-11-16-7-4-5-9-18(16)19/h2-9,19H,12-14H2,1H3,(H,22,24). The summed E-state index contributed by atoms with van der Waals surface area (Å²) in [6.45, 7) is -0.719. The van der Waals surface area contributed by atoms with Crippen LogP contribution in [0.5, 0.6) is 0 Å². The normalized spacial score (nSPS) is 14.3. The zero-order chi connectivity index (χ0) is 19.1. The van der Waals surface area contributed by atoms with E-state index in [4.69, 9.17) is 9.47 Å². The first-order valence-electron chi connectivity index (χ1n) is 8.48. The second-order valence-electron chi connectivity index (χ2n) is 5.81. The molecule has 0 fully saturated rings. The highest BCUT2D eigenvalue weighted by Crippen LogP contribution is 2.28. The Kier molecular flexibility index (Phi) is 6.08. The predicted octanol–water partition coefficient (Wildman–Crippen LogP) is 2.56. The van der Waals surface area contributed by atoms with Crippen LogP contribution < -0.4 is 5.32 Å². The number of esters is 1. The van der Waals surface area contributed by atoms with Crippen LogP contribution >= 0.6 is 0 Å². The fraction of sp³-hybridized carbons (Fsp3) is 0.238. The van der Waals surface area contributed by atoms with Crippen molar-refractivity contribution >= 4 is 12.1 Å². The van der Waals surface area contributed by atoms with E-state index in [1.807, 2.05) is 48.5 Å². The van der Waals surface area contributed by atoms with E-state index in [0.717, 1.165) is 22.3 Å². The van der Waals surface area contributed by atoms with Gasteiger partial charge < -0.3 is 19.5 Å². The van der Waals surface area contributed by atoms with Gasteiger partial charge in [-0.3, -0.25) is 0 Å². The molecular weight excluding hydrogens is 346 g/mol. The van der Waals surface area contributed by atoms with E-state index < -0.39 is 18.9 Å². The molecule has 0 aromatic heterocycles. The average molecular weight is 365 g/mol. The van der Waals surface area contributed by atoms with Crippen molar-refractivity contribution in [1.29, 1.82) is 0 Å².